The number of ether oxygens (including phenoxy) is 1. The van der Waals surface area contributed by atoms with Crippen LogP contribution in [0.1, 0.15) is 30.0 Å². The van der Waals surface area contributed by atoms with Gasteiger partial charge in [-0.2, -0.15) is 0 Å². The fourth-order valence-corrected chi connectivity index (χ4v) is 2.97. The molecule has 0 fully saturated rings. The molecule has 0 aromatic heterocycles. The molecule has 0 saturated heterocycles. The molecule has 104 valence electrons. The normalized spacial score (nSPS) is 18.4. The maximum atomic E-state index is 5.99. The highest BCUT2D eigenvalue weighted by Gasteiger charge is 2.31. The second kappa shape index (κ2) is 5.86. The van der Waals surface area contributed by atoms with E-state index in [1.165, 1.54) is 11.1 Å². The Morgan fingerprint density at radius 3 is 2.70 bits per heavy atom. The lowest BCUT2D eigenvalue weighted by Crippen LogP contribution is -2.27. The van der Waals surface area contributed by atoms with E-state index in [4.69, 9.17) is 16.3 Å². The Kier molecular flexibility index (Phi) is 3.95. The van der Waals surface area contributed by atoms with E-state index >= 15 is 0 Å². The third-order valence-electron chi connectivity index (χ3n) is 3.79. The topological polar surface area (TPSA) is 21.3 Å². The van der Waals surface area contributed by atoms with E-state index < -0.39 is 0 Å². The van der Waals surface area contributed by atoms with Crippen molar-refractivity contribution in [2.45, 2.75) is 18.9 Å². The average molecular weight is 288 g/mol. The van der Waals surface area contributed by atoms with Crippen molar-refractivity contribution in [2.75, 3.05) is 13.2 Å². The van der Waals surface area contributed by atoms with Crippen LogP contribution in [0.25, 0.3) is 0 Å². The number of hydrogen-bond acceptors (Lipinski definition) is 2. The zero-order valence-corrected chi connectivity index (χ0v) is 12.2. The zero-order valence-electron chi connectivity index (χ0n) is 11.5. The molecule has 2 atom stereocenters. The van der Waals surface area contributed by atoms with Gasteiger partial charge in [-0.25, -0.2) is 0 Å². The molecule has 2 unspecified atom stereocenters. The summed E-state index contributed by atoms with van der Waals surface area (Å²) in [6.45, 7) is 3.77. The molecule has 0 radical (unpaired) electrons. The second-order valence-corrected chi connectivity index (χ2v) is 5.48. The standard InChI is InChI=1S/C17H18ClNO/c1-2-19-17(12-7-9-13(18)10-8-12)15-11-20-16-6-4-3-5-14(15)16/h3-10,15,17,19H,2,11H2,1H3. The summed E-state index contributed by atoms with van der Waals surface area (Å²) in [6.07, 6.45) is 0. The summed E-state index contributed by atoms with van der Waals surface area (Å²) >= 11 is 5.99. The van der Waals surface area contributed by atoms with Crippen LogP contribution in [0.3, 0.4) is 0 Å². The van der Waals surface area contributed by atoms with Gasteiger partial charge in [-0.15, -0.1) is 0 Å². The van der Waals surface area contributed by atoms with Gasteiger partial charge in [0.05, 0.1) is 6.61 Å². The molecule has 1 aliphatic rings. The highest BCUT2D eigenvalue weighted by atomic mass is 35.5. The van der Waals surface area contributed by atoms with Crippen LogP contribution in [-0.4, -0.2) is 13.2 Å². The van der Waals surface area contributed by atoms with E-state index in [0.717, 1.165) is 23.9 Å². The lowest BCUT2D eigenvalue weighted by Gasteiger charge is -2.24. The van der Waals surface area contributed by atoms with Crippen molar-refractivity contribution < 1.29 is 4.74 Å². The van der Waals surface area contributed by atoms with Crippen molar-refractivity contribution in [3.63, 3.8) is 0 Å². The van der Waals surface area contributed by atoms with Gasteiger partial charge in [0.25, 0.3) is 0 Å². The molecule has 1 aliphatic heterocycles. The first-order valence-corrected chi connectivity index (χ1v) is 7.38. The van der Waals surface area contributed by atoms with Crippen molar-refractivity contribution in [1.82, 2.24) is 5.32 Å². The smallest absolute Gasteiger partial charge is 0.122 e. The third-order valence-corrected chi connectivity index (χ3v) is 4.04. The maximum absolute atomic E-state index is 5.99. The van der Waals surface area contributed by atoms with Crippen LogP contribution in [0, 0.1) is 0 Å². The number of benzene rings is 2. The van der Waals surface area contributed by atoms with Crippen molar-refractivity contribution in [3.05, 3.63) is 64.7 Å². The molecule has 0 amide bonds. The number of likely N-dealkylation sites (N-methyl/N-ethyl adjacent to an activating group) is 1. The van der Waals surface area contributed by atoms with Gasteiger partial charge in [-0.1, -0.05) is 48.9 Å². The summed E-state index contributed by atoms with van der Waals surface area (Å²) in [4.78, 5) is 0. The summed E-state index contributed by atoms with van der Waals surface area (Å²) < 4.78 is 5.82. The molecule has 0 bridgehead atoms. The Bertz CT molecular complexity index is 582. The lowest BCUT2D eigenvalue weighted by molar-refractivity contribution is 0.301. The summed E-state index contributed by atoms with van der Waals surface area (Å²) in [5, 5.41) is 4.35. The van der Waals surface area contributed by atoms with Crippen molar-refractivity contribution in [2.24, 2.45) is 0 Å². The van der Waals surface area contributed by atoms with Crippen LogP contribution < -0.4 is 10.1 Å². The van der Waals surface area contributed by atoms with Crippen molar-refractivity contribution in [1.29, 1.82) is 0 Å². The number of nitrogens with one attached hydrogen (secondary N) is 1. The minimum absolute atomic E-state index is 0.251. The molecule has 2 aromatic carbocycles. The SMILES string of the molecule is CCNC(c1ccc(Cl)cc1)C1COc2ccccc21. The average Bonchev–Trinajstić information content (AvgIpc) is 2.90. The van der Waals surface area contributed by atoms with Crippen LogP contribution in [-0.2, 0) is 0 Å². The van der Waals surface area contributed by atoms with E-state index in [-0.39, 0.29) is 6.04 Å². The molecule has 20 heavy (non-hydrogen) atoms. The largest absolute Gasteiger partial charge is 0.493 e. The highest BCUT2D eigenvalue weighted by molar-refractivity contribution is 6.30. The van der Waals surface area contributed by atoms with E-state index in [1.54, 1.807) is 0 Å². The second-order valence-electron chi connectivity index (χ2n) is 5.04. The number of halogens is 1. The monoisotopic (exact) mass is 287 g/mol. The molecule has 3 heteroatoms. The summed E-state index contributed by atoms with van der Waals surface area (Å²) in [5.74, 6) is 1.35. The van der Waals surface area contributed by atoms with Crippen LogP contribution in [0.5, 0.6) is 5.75 Å². The van der Waals surface area contributed by atoms with Gasteiger partial charge < -0.3 is 10.1 Å². The van der Waals surface area contributed by atoms with Crippen LogP contribution in [0.4, 0.5) is 0 Å². The molecule has 1 heterocycles. The summed E-state index contributed by atoms with van der Waals surface area (Å²) in [5.41, 5.74) is 2.54. The minimum atomic E-state index is 0.251. The first-order chi connectivity index (χ1) is 9.79. The Labute approximate surface area is 124 Å². The third kappa shape index (κ3) is 2.54. The van der Waals surface area contributed by atoms with Crippen LogP contribution >= 0.6 is 11.6 Å². The molecule has 3 rings (SSSR count). The Hall–Kier alpha value is -1.51. The molecule has 2 nitrogen and oxygen atoms in total. The van der Waals surface area contributed by atoms with Crippen molar-refractivity contribution in [3.8, 4) is 5.75 Å². The molecular formula is C17H18ClNO. The highest BCUT2D eigenvalue weighted by Crippen LogP contribution is 2.41. The lowest BCUT2D eigenvalue weighted by atomic mass is 9.88. The Morgan fingerprint density at radius 2 is 1.95 bits per heavy atom. The molecule has 0 aliphatic carbocycles. The molecule has 1 N–H and O–H groups in total. The number of fused-ring (bicyclic) bond motifs is 1. The zero-order chi connectivity index (χ0) is 13.9. The van der Waals surface area contributed by atoms with Gasteiger partial charge in [-0.05, 0) is 30.3 Å². The summed E-state index contributed by atoms with van der Waals surface area (Å²) in [7, 11) is 0. The number of para-hydroxylation sites is 1. The van der Waals surface area contributed by atoms with Gasteiger partial charge in [-0.3, -0.25) is 0 Å². The molecule has 0 spiro atoms. The number of hydrogen-bond donors (Lipinski definition) is 1. The van der Waals surface area contributed by atoms with Crippen molar-refractivity contribution >= 4 is 11.6 Å². The van der Waals surface area contributed by atoms with Gasteiger partial charge in [0.15, 0.2) is 0 Å². The van der Waals surface area contributed by atoms with Crippen LogP contribution in [0.2, 0.25) is 5.02 Å². The van der Waals surface area contributed by atoms with E-state index in [9.17, 15) is 0 Å². The van der Waals surface area contributed by atoms with Crippen LogP contribution in [0.15, 0.2) is 48.5 Å². The van der Waals surface area contributed by atoms with Gasteiger partial charge in [0.2, 0.25) is 0 Å². The first kappa shape index (κ1) is 13.5. The minimum Gasteiger partial charge on any atom is -0.493 e. The maximum Gasteiger partial charge on any atom is 0.122 e. The predicted molar refractivity (Wildman–Crippen MR) is 82.5 cm³/mol. The quantitative estimate of drug-likeness (QED) is 0.911. The number of rotatable bonds is 4. The molecular weight excluding hydrogens is 270 g/mol. The van der Waals surface area contributed by atoms with Gasteiger partial charge in [0.1, 0.15) is 5.75 Å². The summed E-state index contributed by atoms with van der Waals surface area (Å²) in [6, 6.07) is 16.6. The first-order valence-electron chi connectivity index (χ1n) is 7.00. The van der Waals surface area contributed by atoms with Gasteiger partial charge in [0, 0.05) is 22.5 Å². The Morgan fingerprint density at radius 1 is 1.20 bits per heavy atom. The fourth-order valence-electron chi connectivity index (χ4n) is 2.85. The fraction of sp³-hybridized carbons (Fsp3) is 0.294. The predicted octanol–water partition coefficient (Wildman–Crippen LogP) is 4.17. The Balaban J connectivity index is 1.94. The van der Waals surface area contributed by atoms with Gasteiger partial charge >= 0.3 is 0 Å². The molecule has 0 saturated carbocycles. The molecule has 2 aromatic rings. The van der Waals surface area contributed by atoms with E-state index in [0.29, 0.717) is 5.92 Å². The van der Waals surface area contributed by atoms with E-state index in [2.05, 4.69) is 36.5 Å². The van der Waals surface area contributed by atoms with E-state index in [1.807, 2.05) is 24.3 Å².